The van der Waals surface area contributed by atoms with Crippen LogP contribution in [0.15, 0.2) is 6.33 Å². The zero-order valence-corrected chi connectivity index (χ0v) is 13.5. The van der Waals surface area contributed by atoms with Crippen molar-refractivity contribution in [3.63, 3.8) is 0 Å². The molecule has 0 aromatic carbocycles. The number of aromatic nitrogens is 3. The standard InChI is InChI=1S/C16H25N5/c1-11-12(2)21(15-13(11)14(17)18-10-19-15)9-16(3)5-7-20(4)8-6-16/h10H,5-9H2,1-4H3,(H2,17,18,19). The van der Waals surface area contributed by atoms with E-state index in [4.69, 9.17) is 5.73 Å². The number of nitrogens with two attached hydrogens (primary N) is 1. The summed E-state index contributed by atoms with van der Waals surface area (Å²) in [5.74, 6) is 0.591. The quantitative estimate of drug-likeness (QED) is 0.921. The zero-order chi connectivity index (χ0) is 15.2. The maximum atomic E-state index is 6.05. The molecular formula is C16H25N5. The van der Waals surface area contributed by atoms with Crippen LogP contribution >= 0.6 is 0 Å². The van der Waals surface area contributed by atoms with E-state index in [-0.39, 0.29) is 0 Å². The minimum absolute atomic E-state index is 0.329. The molecule has 2 aromatic rings. The number of rotatable bonds is 2. The molecule has 114 valence electrons. The van der Waals surface area contributed by atoms with Gasteiger partial charge in [-0.3, -0.25) is 0 Å². The summed E-state index contributed by atoms with van der Waals surface area (Å²) in [6.45, 7) is 10.0. The summed E-state index contributed by atoms with van der Waals surface area (Å²) in [4.78, 5) is 11.1. The number of likely N-dealkylation sites (tertiary alicyclic amines) is 1. The minimum Gasteiger partial charge on any atom is -0.383 e. The highest BCUT2D eigenvalue weighted by Crippen LogP contribution is 2.35. The monoisotopic (exact) mass is 287 g/mol. The average molecular weight is 287 g/mol. The van der Waals surface area contributed by atoms with Gasteiger partial charge >= 0.3 is 0 Å². The molecule has 0 aliphatic carbocycles. The van der Waals surface area contributed by atoms with Crippen LogP contribution in [0.5, 0.6) is 0 Å². The van der Waals surface area contributed by atoms with E-state index >= 15 is 0 Å². The summed E-state index contributed by atoms with van der Waals surface area (Å²) in [6.07, 6.45) is 4.02. The number of nitrogens with zero attached hydrogens (tertiary/aromatic N) is 4. The van der Waals surface area contributed by atoms with Gasteiger partial charge in [0, 0.05) is 12.2 Å². The zero-order valence-electron chi connectivity index (χ0n) is 13.5. The predicted molar refractivity (Wildman–Crippen MR) is 86.3 cm³/mol. The van der Waals surface area contributed by atoms with Crippen molar-refractivity contribution >= 4 is 16.9 Å². The van der Waals surface area contributed by atoms with E-state index < -0.39 is 0 Å². The molecule has 2 N–H and O–H groups in total. The van der Waals surface area contributed by atoms with Crippen molar-refractivity contribution in [1.82, 2.24) is 19.4 Å². The average Bonchev–Trinajstić information content (AvgIpc) is 2.69. The third kappa shape index (κ3) is 2.39. The van der Waals surface area contributed by atoms with Gasteiger partial charge in [0.25, 0.3) is 0 Å². The highest BCUT2D eigenvalue weighted by Gasteiger charge is 2.30. The lowest BCUT2D eigenvalue weighted by molar-refractivity contribution is 0.121. The lowest BCUT2D eigenvalue weighted by Gasteiger charge is -2.38. The highest BCUT2D eigenvalue weighted by atomic mass is 15.1. The maximum absolute atomic E-state index is 6.05. The molecule has 0 saturated carbocycles. The molecule has 0 spiro atoms. The second kappa shape index (κ2) is 4.98. The Morgan fingerprint density at radius 3 is 2.57 bits per heavy atom. The van der Waals surface area contributed by atoms with Gasteiger partial charge in [0.15, 0.2) is 0 Å². The molecule has 21 heavy (non-hydrogen) atoms. The molecular weight excluding hydrogens is 262 g/mol. The summed E-state index contributed by atoms with van der Waals surface area (Å²) < 4.78 is 2.34. The Morgan fingerprint density at radius 2 is 1.90 bits per heavy atom. The van der Waals surface area contributed by atoms with Crippen LogP contribution in [-0.4, -0.2) is 39.6 Å². The predicted octanol–water partition coefficient (Wildman–Crippen LogP) is 2.36. The number of aryl methyl sites for hydroxylation is 1. The van der Waals surface area contributed by atoms with Crippen LogP contribution in [0, 0.1) is 19.3 Å². The largest absolute Gasteiger partial charge is 0.383 e. The molecule has 5 heteroatoms. The number of anilines is 1. The first-order valence-corrected chi connectivity index (χ1v) is 7.66. The van der Waals surface area contributed by atoms with E-state index in [2.05, 4.69) is 47.3 Å². The second-order valence-electron chi connectivity index (χ2n) is 6.87. The summed E-state index contributed by atoms with van der Waals surface area (Å²) in [6, 6.07) is 0. The highest BCUT2D eigenvalue weighted by molar-refractivity contribution is 5.90. The third-order valence-corrected chi connectivity index (χ3v) is 5.17. The van der Waals surface area contributed by atoms with Gasteiger partial charge in [-0.1, -0.05) is 6.92 Å². The van der Waals surface area contributed by atoms with Crippen molar-refractivity contribution in [2.24, 2.45) is 5.41 Å². The van der Waals surface area contributed by atoms with Gasteiger partial charge in [0.2, 0.25) is 0 Å². The van der Waals surface area contributed by atoms with E-state index in [0.717, 1.165) is 17.6 Å². The molecule has 0 radical (unpaired) electrons. The Morgan fingerprint density at radius 1 is 1.24 bits per heavy atom. The van der Waals surface area contributed by atoms with Gasteiger partial charge in [-0.25, -0.2) is 9.97 Å². The molecule has 5 nitrogen and oxygen atoms in total. The second-order valence-corrected chi connectivity index (χ2v) is 6.87. The molecule has 3 rings (SSSR count). The molecule has 0 unspecified atom stereocenters. The Kier molecular flexibility index (Phi) is 3.40. The molecule has 1 aliphatic heterocycles. The first kappa shape index (κ1) is 14.3. The molecule has 0 atom stereocenters. The number of fused-ring (bicyclic) bond motifs is 1. The van der Waals surface area contributed by atoms with Crippen molar-refractivity contribution in [3.05, 3.63) is 17.6 Å². The fourth-order valence-electron chi connectivity index (χ4n) is 3.39. The van der Waals surface area contributed by atoms with Crippen molar-refractivity contribution < 1.29 is 0 Å². The SMILES string of the molecule is Cc1c(C)n(CC2(C)CCN(C)CC2)c2ncnc(N)c12. The van der Waals surface area contributed by atoms with Crippen LogP contribution in [0.4, 0.5) is 5.82 Å². The van der Waals surface area contributed by atoms with Crippen molar-refractivity contribution in [2.45, 2.75) is 40.2 Å². The summed E-state index contributed by atoms with van der Waals surface area (Å²) >= 11 is 0. The molecule has 1 fully saturated rings. The van der Waals surface area contributed by atoms with Gasteiger partial charge in [0.1, 0.15) is 17.8 Å². The first-order chi connectivity index (χ1) is 9.91. The summed E-state index contributed by atoms with van der Waals surface area (Å²) in [5.41, 5.74) is 9.83. The minimum atomic E-state index is 0.329. The summed E-state index contributed by atoms with van der Waals surface area (Å²) in [7, 11) is 2.20. The van der Waals surface area contributed by atoms with E-state index in [1.165, 1.54) is 37.2 Å². The normalized spacial score (nSPS) is 19.2. The smallest absolute Gasteiger partial charge is 0.145 e. The van der Waals surface area contributed by atoms with Gasteiger partial charge in [-0.15, -0.1) is 0 Å². The molecule has 1 aliphatic rings. The Hall–Kier alpha value is -1.62. The summed E-state index contributed by atoms with van der Waals surface area (Å²) in [5, 5.41) is 1.02. The third-order valence-electron chi connectivity index (χ3n) is 5.17. The van der Waals surface area contributed by atoms with E-state index in [9.17, 15) is 0 Å². The molecule has 3 heterocycles. The first-order valence-electron chi connectivity index (χ1n) is 7.66. The number of hydrogen-bond donors (Lipinski definition) is 1. The fraction of sp³-hybridized carbons (Fsp3) is 0.625. The molecule has 0 amide bonds. The Labute approximate surface area is 126 Å². The van der Waals surface area contributed by atoms with Crippen LogP contribution in [0.25, 0.3) is 11.0 Å². The van der Waals surface area contributed by atoms with Gasteiger partial charge < -0.3 is 15.2 Å². The van der Waals surface area contributed by atoms with E-state index in [1.807, 2.05) is 0 Å². The van der Waals surface area contributed by atoms with Crippen LogP contribution in [0.1, 0.15) is 31.0 Å². The fourth-order valence-corrected chi connectivity index (χ4v) is 3.39. The maximum Gasteiger partial charge on any atom is 0.145 e. The van der Waals surface area contributed by atoms with Crippen molar-refractivity contribution in [2.75, 3.05) is 25.9 Å². The molecule has 0 bridgehead atoms. The van der Waals surface area contributed by atoms with E-state index in [1.54, 1.807) is 6.33 Å². The van der Waals surface area contributed by atoms with Gasteiger partial charge in [0.05, 0.1) is 5.39 Å². The topological polar surface area (TPSA) is 60.0 Å². The van der Waals surface area contributed by atoms with Gasteiger partial charge in [-0.2, -0.15) is 0 Å². The van der Waals surface area contributed by atoms with Gasteiger partial charge in [-0.05, 0) is 57.8 Å². The Balaban J connectivity index is 2.01. The lowest BCUT2D eigenvalue weighted by atomic mass is 9.80. The lowest BCUT2D eigenvalue weighted by Crippen LogP contribution is -2.38. The van der Waals surface area contributed by atoms with Crippen LogP contribution in [0.3, 0.4) is 0 Å². The van der Waals surface area contributed by atoms with Crippen LogP contribution in [0.2, 0.25) is 0 Å². The Bertz CT molecular complexity index is 665. The molecule has 1 saturated heterocycles. The van der Waals surface area contributed by atoms with Crippen LogP contribution in [-0.2, 0) is 6.54 Å². The van der Waals surface area contributed by atoms with E-state index in [0.29, 0.717) is 11.2 Å². The number of hydrogen-bond acceptors (Lipinski definition) is 4. The van der Waals surface area contributed by atoms with Crippen LogP contribution < -0.4 is 5.73 Å². The molecule has 2 aromatic heterocycles. The van der Waals surface area contributed by atoms with Crippen molar-refractivity contribution in [1.29, 1.82) is 0 Å². The number of nitrogen functional groups attached to an aromatic ring is 1. The van der Waals surface area contributed by atoms with Crippen molar-refractivity contribution in [3.8, 4) is 0 Å². The number of piperidine rings is 1.